The van der Waals surface area contributed by atoms with E-state index in [0.29, 0.717) is 13.0 Å². The number of hydrogen-bond acceptors (Lipinski definition) is 3. The Morgan fingerprint density at radius 2 is 1.86 bits per heavy atom. The fourth-order valence-corrected chi connectivity index (χ4v) is 2.08. The molecule has 2 aromatic carbocycles. The highest BCUT2D eigenvalue weighted by atomic mass is 16.5. The van der Waals surface area contributed by atoms with Gasteiger partial charge in [-0.25, -0.2) is 0 Å². The summed E-state index contributed by atoms with van der Waals surface area (Å²) in [6.07, 6.45) is 0.304. The van der Waals surface area contributed by atoms with Crippen LogP contribution < -0.4 is 10.1 Å². The zero-order chi connectivity index (χ0) is 15.8. The molecule has 0 aliphatic heterocycles. The SMILES string of the molecule is Cc1ccccc1COc1ccc(CC(=O)NCCO)cc1. The topological polar surface area (TPSA) is 58.6 Å². The van der Waals surface area contributed by atoms with E-state index >= 15 is 0 Å². The van der Waals surface area contributed by atoms with Gasteiger partial charge in [-0.2, -0.15) is 0 Å². The lowest BCUT2D eigenvalue weighted by Crippen LogP contribution is -2.27. The Labute approximate surface area is 130 Å². The van der Waals surface area contributed by atoms with Crippen LogP contribution in [0.15, 0.2) is 48.5 Å². The van der Waals surface area contributed by atoms with Crippen LogP contribution in [0.4, 0.5) is 0 Å². The first-order valence-electron chi connectivity index (χ1n) is 7.33. The standard InChI is InChI=1S/C18H21NO3/c1-14-4-2-3-5-16(14)13-22-17-8-6-15(7-9-17)12-18(21)19-10-11-20/h2-9,20H,10-13H2,1H3,(H,19,21). The molecule has 0 aromatic heterocycles. The second-order valence-electron chi connectivity index (χ2n) is 5.11. The average molecular weight is 299 g/mol. The van der Waals surface area contributed by atoms with Crippen molar-refractivity contribution in [3.63, 3.8) is 0 Å². The van der Waals surface area contributed by atoms with Gasteiger partial charge in [-0.3, -0.25) is 4.79 Å². The van der Waals surface area contributed by atoms with Crippen molar-refractivity contribution in [1.29, 1.82) is 0 Å². The molecular formula is C18H21NO3. The summed E-state index contributed by atoms with van der Waals surface area (Å²) in [5, 5.41) is 11.3. The third-order valence-corrected chi connectivity index (χ3v) is 3.38. The summed E-state index contributed by atoms with van der Waals surface area (Å²) in [4.78, 5) is 11.6. The van der Waals surface area contributed by atoms with Crippen LogP contribution in [0.1, 0.15) is 16.7 Å². The van der Waals surface area contributed by atoms with Gasteiger partial charge in [0.1, 0.15) is 12.4 Å². The number of rotatable bonds is 7. The lowest BCUT2D eigenvalue weighted by molar-refractivity contribution is -0.120. The molecule has 2 aromatic rings. The molecule has 0 unspecified atom stereocenters. The number of aliphatic hydroxyl groups is 1. The fraction of sp³-hybridized carbons (Fsp3) is 0.278. The van der Waals surface area contributed by atoms with Crippen molar-refractivity contribution < 1.29 is 14.6 Å². The van der Waals surface area contributed by atoms with Crippen LogP contribution in [0, 0.1) is 6.92 Å². The van der Waals surface area contributed by atoms with Crippen LogP contribution in [0.25, 0.3) is 0 Å². The Hall–Kier alpha value is -2.33. The monoisotopic (exact) mass is 299 g/mol. The maximum absolute atomic E-state index is 11.6. The van der Waals surface area contributed by atoms with E-state index in [2.05, 4.69) is 24.4 Å². The number of carbonyl (C=O) groups excluding carboxylic acids is 1. The second-order valence-corrected chi connectivity index (χ2v) is 5.11. The van der Waals surface area contributed by atoms with Crippen molar-refractivity contribution in [3.8, 4) is 5.75 Å². The highest BCUT2D eigenvalue weighted by Crippen LogP contribution is 2.16. The molecule has 0 radical (unpaired) electrons. The molecule has 0 atom stereocenters. The van der Waals surface area contributed by atoms with Gasteiger partial charge < -0.3 is 15.2 Å². The largest absolute Gasteiger partial charge is 0.489 e. The third kappa shape index (κ3) is 4.90. The first-order chi connectivity index (χ1) is 10.7. The molecule has 0 aliphatic carbocycles. The summed E-state index contributed by atoms with van der Waals surface area (Å²) >= 11 is 0. The summed E-state index contributed by atoms with van der Waals surface area (Å²) in [5.41, 5.74) is 3.29. The number of nitrogens with one attached hydrogen (secondary N) is 1. The molecule has 0 bridgehead atoms. The van der Waals surface area contributed by atoms with Gasteiger partial charge in [-0.1, -0.05) is 36.4 Å². The molecular weight excluding hydrogens is 278 g/mol. The van der Waals surface area contributed by atoms with Crippen LogP contribution in [-0.4, -0.2) is 24.2 Å². The van der Waals surface area contributed by atoms with Gasteiger partial charge in [0.2, 0.25) is 5.91 Å². The normalized spacial score (nSPS) is 10.3. The van der Waals surface area contributed by atoms with Crippen molar-refractivity contribution in [1.82, 2.24) is 5.32 Å². The molecule has 2 N–H and O–H groups in total. The molecule has 4 nitrogen and oxygen atoms in total. The number of aliphatic hydroxyl groups excluding tert-OH is 1. The summed E-state index contributed by atoms with van der Waals surface area (Å²) in [7, 11) is 0. The van der Waals surface area contributed by atoms with Gasteiger partial charge in [0, 0.05) is 6.54 Å². The van der Waals surface area contributed by atoms with Crippen molar-refractivity contribution in [2.75, 3.05) is 13.2 Å². The van der Waals surface area contributed by atoms with E-state index in [1.165, 1.54) is 5.56 Å². The molecule has 0 saturated heterocycles. The Morgan fingerprint density at radius 1 is 1.14 bits per heavy atom. The Morgan fingerprint density at radius 3 is 2.55 bits per heavy atom. The quantitative estimate of drug-likeness (QED) is 0.824. The minimum atomic E-state index is -0.0948. The van der Waals surface area contributed by atoms with E-state index in [0.717, 1.165) is 16.9 Å². The lowest BCUT2D eigenvalue weighted by Gasteiger charge is -2.09. The number of carbonyl (C=O) groups is 1. The van der Waals surface area contributed by atoms with Gasteiger partial charge >= 0.3 is 0 Å². The second kappa shape index (κ2) is 8.20. The summed E-state index contributed by atoms with van der Waals surface area (Å²) < 4.78 is 5.76. The lowest BCUT2D eigenvalue weighted by atomic mass is 10.1. The Kier molecular flexibility index (Phi) is 5.98. The molecule has 0 spiro atoms. The van der Waals surface area contributed by atoms with Crippen LogP contribution in [0.2, 0.25) is 0 Å². The van der Waals surface area contributed by atoms with Crippen molar-refractivity contribution in [2.45, 2.75) is 20.0 Å². The molecule has 116 valence electrons. The van der Waals surface area contributed by atoms with Crippen LogP contribution >= 0.6 is 0 Å². The van der Waals surface area contributed by atoms with Crippen LogP contribution in [-0.2, 0) is 17.8 Å². The average Bonchev–Trinajstić information content (AvgIpc) is 2.53. The zero-order valence-corrected chi connectivity index (χ0v) is 12.7. The van der Waals surface area contributed by atoms with Gasteiger partial charge in [0.25, 0.3) is 0 Å². The van der Waals surface area contributed by atoms with Crippen LogP contribution in [0.5, 0.6) is 5.75 Å². The van der Waals surface area contributed by atoms with E-state index in [-0.39, 0.29) is 19.1 Å². The molecule has 22 heavy (non-hydrogen) atoms. The maximum Gasteiger partial charge on any atom is 0.224 e. The van der Waals surface area contributed by atoms with Gasteiger partial charge in [-0.05, 0) is 35.7 Å². The smallest absolute Gasteiger partial charge is 0.224 e. The van der Waals surface area contributed by atoms with Crippen molar-refractivity contribution >= 4 is 5.91 Å². The number of hydrogen-bond donors (Lipinski definition) is 2. The van der Waals surface area contributed by atoms with E-state index in [9.17, 15) is 4.79 Å². The zero-order valence-electron chi connectivity index (χ0n) is 12.7. The Bertz CT molecular complexity index is 608. The molecule has 1 amide bonds. The summed E-state index contributed by atoms with van der Waals surface area (Å²) in [5.74, 6) is 0.686. The highest BCUT2D eigenvalue weighted by Gasteiger charge is 2.03. The molecule has 0 aliphatic rings. The van der Waals surface area contributed by atoms with Gasteiger partial charge in [0.15, 0.2) is 0 Å². The molecule has 0 heterocycles. The molecule has 0 fully saturated rings. The summed E-state index contributed by atoms with van der Waals surface area (Å²) in [6.45, 7) is 2.84. The third-order valence-electron chi connectivity index (χ3n) is 3.38. The van der Waals surface area contributed by atoms with Gasteiger partial charge in [-0.15, -0.1) is 0 Å². The minimum Gasteiger partial charge on any atom is -0.489 e. The molecule has 2 rings (SSSR count). The fourth-order valence-electron chi connectivity index (χ4n) is 2.08. The molecule has 4 heteroatoms. The molecule has 0 saturated carbocycles. The first-order valence-corrected chi connectivity index (χ1v) is 7.33. The minimum absolute atomic E-state index is 0.0442. The predicted molar refractivity (Wildman–Crippen MR) is 85.8 cm³/mol. The van der Waals surface area contributed by atoms with E-state index < -0.39 is 0 Å². The number of benzene rings is 2. The van der Waals surface area contributed by atoms with Crippen molar-refractivity contribution in [2.24, 2.45) is 0 Å². The Balaban J connectivity index is 1.87. The first kappa shape index (κ1) is 16.0. The van der Waals surface area contributed by atoms with E-state index in [1.54, 1.807) is 0 Å². The van der Waals surface area contributed by atoms with E-state index in [4.69, 9.17) is 9.84 Å². The summed E-state index contributed by atoms with van der Waals surface area (Å²) in [6, 6.07) is 15.6. The number of ether oxygens (including phenoxy) is 1. The van der Waals surface area contributed by atoms with Gasteiger partial charge in [0.05, 0.1) is 13.0 Å². The highest BCUT2D eigenvalue weighted by molar-refractivity contribution is 5.78. The number of amides is 1. The number of aryl methyl sites for hydroxylation is 1. The predicted octanol–water partition coefficient (Wildman–Crippen LogP) is 2.23. The maximum atomic E-state index is 11.6. The van der Waals surface area contributed by atoms with Crippen LogP contribution in [0.3, 0.4) is 0 Å². The van der Waals surface area contributed by atoms with E-state index in [1.807, 2.05) is 36.4 Å². The van der Waals surface area contributed by atoms with Crippen molar-refractivity contribution in [3.05, 3.63) is 65.2 Å².